The van der Waals surface area contributed by atoms with E-state index < -0.39 is 22.5 Å². The molecule has 0 bridgehead atoms. The molecule has 0 fully saturated rings. The van der Waals surface area contributed by atoms with E-state index in [1.165, 1.54) is 6.07 Å². The molecule has 0 aromatic heterocycles. The molecule has 0 unspecified atom stereocenters. The second kappa shape index (κ2) is 7.92. The Bertz CT molecular complexity index is 832. The smallest absolute Gasteiger partial charge is 0.321 e. The Balaban J connectivity index is 1.90. The molecule has 0 atom stereocenters. The highest BCUT2D eigenvalue weighted by Crippen LogP contribution is 2.14. The van der Waals surface area contributed by atoms with Crippen LogP contribution in [0.3, 0.4) is 0 Å². The molecule has 0 radical (unpaired) electrons. The van der Waals surface area contributed by atoms with Gasteiger partial charge in [0, 0.05) is 4.47 Å². The number of hydrogen-bond acceptors (Lipinski definition) is 4. The Morgan fingerprint density at radius 1 is 1.08 bits per heavy atom. The maximum absolute atomic E-state index is 12.2. The van der Waals surface area contributed by atoms with Crippen LogP contribution < -0.4 is 4.72 Å². The predicted octanol–water partition coefficient (Wildman–Crippen LogP) is 3.09. The van der Waals surface area contributed by atoms with E-state index in [0.29, 0.717) is 0 Å². The summed E-state index contributed by atoms with van der Waals surface area (Å²) in [5.74, 6) is -0.634. The van der Waals surface area contributed by atoms with Crippen molar-refractivity contribution in [1.82, 2.24) is 4.72 Å². The maximum Gasteiger partial charge on any atom is 0.321 e. The number of esters is 1. The number of benzene rings is 2. The van der Waals surface area contributed by atoms with Crippen molar-refractivity contribution in [3.05, 3.63) is 63.6 Å². The van der Waals surface area contributed by atoms with Crippen LogP contribution in [0.25, 0.3) is 0 Å². The Morgan fingerprint density at radius 2 is 1.75 bits per heavy atom. The molecule has 2 aromatic rings. The molecular formula is C17H18BrNO4S. The lowest BCUT2D eigenvalue weighted by atomic mass is 10.1. The predicted molar refractivity (Wildman–Crippen MR) is 95.0 cm³/mol. The second-order valence-electron chi connectivity index (χ2n) is 5.36. The molecular weight excluding hydrogens is 394 g/mol. The van der Waals surface area contributed by atoms with Crippen LogP contribution in [-0.4, -0.2) is 20.9 Å². The van der Waals surface area contributed by atoms with Crippen LogP contribution in [0.1, 0.15) is 16.7 Å². The zero-order valence-electron chi connectivity index (χ0n) is 13.4. The van der Waals surface area contributed by atoms with Crippen LogP contribution in [0.4, 0.5) is 0 Å². The summed E-state index contributed by atoms with van der Waals surface area (Å²) in [6.45, 7) is 3.42. The van der Waals surface area contributed by atoms with Gasteiger partial charge >= 0.3 is 5.97 Å². The fourth-order valence-electron chi connectivity index (χ4n) is 1.91. The lowest BCUT2D eigenvalue weighted by Crippen LogP contribution is -2.30. The fourth-order valence-corrected chi connectivity index (χ4v) is 3.23. The molecule has 0 heterocycles. The van der Waals surface area contributed by atoms with Gasteiger partial charge in [-0.1, -0.05) is 34.1 Å². The van der Waals surface area contributed by atoms with Crippen LogP contribution in [-0.2, 0) is 26.2 Å². The summed E-state index contributed by atoms with van der Waals surface area (Å²) in [6.07, 6.45) is 0. The van der Waals surface area contributed by atoms with E-state index in [1.807, 2.05) is 38.1 Å². The largest absolute Gasteiger partial charge is 0.460 e. The van der Waals surface area contributed by atoms with Crippen molar-refractivity contribution >= 4 is 31.9 Å². The van der Waals surface area contributed by atoms with Crippen LogP contribution >= 0.6 is 15.9 Å². The van der Waals surface area contributed by atoms with Crippen LogP contribution in [0.5, 0.6) is 0 Å². The van der Waals surface area contributed by atoms with Gasteiger partial charge in [0.15, 0.2) is 0 Å². The number of aryl methyl sites for hydroxylation is 2. The second-order valence-corrected chi connectivity index (χ2v) is 8.04. The average Bonchev–Trinajstić information content (AvgIpc) is 2.55. The number of rotatable bonds is 6. The number of ether oxygens (including phenoxy) is 1. The van der Waals surface area contributed by atoms with Gasteiger partial charge in [-0.3, -0.25) is 4.79 Å². The Kier molecular flexibility index (Phi) is 6.15. The molecule has 1 N–H and O–H groups in total. The molecule has 0 aliphatic rings. The number of halogens is 1. The topological polar surface area (TPSA) is 72.5 Å². The maximum atomic E-state index is 12.2. The molecule has 0 spiro atoms. The molecule has 128 valence electrons. The van der Waals surface area contributed by atoms with E-state index in [1.54, 1.807) is 12.1 Å². The summed E-state index contributed by atoms with van der Waals surface area (Å²) in [7, 11) is -3.74. The fraction of sp³-hybridized carbons (Fsp3) is 0.235. The Labute approximate surface area is 150 Å². The van der Waals surface area contributed by atoms with Crippen molar-refractivity contribution in [3.8, 4) is 0 Å². The van der Waals surface area contributed by atoms with E-state index >= 15 is 0 Å². The molecule has 0 saturated heterocycles. The van der Waals surface area contributed by atoms with E-state index in [2.05, 4.69) is 20.7 Å². The van der Waals surface area contributed by atoms with Crippen molar-refractivity contribution in [3.63, 3.8) is 0 Å². The molecule has 5 nitrogen and oxygen atoms in total. The highest BCUT2D eigenvalue weighted by Gasteiger charge is 2.16. The minimum absolute atomic E-state index is 0.0947. The molecule has 24 heavy (non-hydrogen) atoms. The summed E-state index contributed by atoms with van der Waals surface area (Å²) >= 11 is 3.32. The Hall–Kier alpha value is -1.70. The first-order chi connectivity index (χ1) is 11.3. The number of sulfonamides is 1. The standard InChI is InChI=1S/C17H18BrNO4S/c1-12-3-8-16(9-13(12)2)24(21,22)19-10-17(20)23-11-14-4-6-15(18)7-5-14/h3-9,19H,10-11H2,1-2H3. The first-order valence-electron chi connectivity index (χ1n) is 7.25. The van der Waals surface area contributed by atoms with Gasteiger partial charge in [0.2, 0.25) is 10.0 Å². The number of nitrogens with one attached hydrogen (secondary N) is 1. The Morgan fingerprint density at radius 3 is 2.38 bits per heavy atom. The van der Waals surface area contributed by atoms with E-state index in [0.717, 1.165) is 21.2 Å². The van der Waals surface area contributed by atoms with Crippen molar-refractivity contribution in [2.75, 3.05) is 6.54 Å². The third-order valence-electron chi connectivity index (χ3n) is 3.51. The summed E-state index contributed by atoms with van der Waals surface area (Å²) < 4.78 is 32.6. The lowest BCUT2D eigenvalue weighted by molar-refractivity contribution is -0.143. The van der Waals surface area contributed by atoms with Crippen LogP contribution in [0, 0.1) is 13.8 Å². The molecule has 2 aromatic carbocycles. The van der Waals surface area contributed by atoms with Crippen molar-refractivity contribution in [2.45, 2.75) is 25.3 Å². The normalized spacial score (nSPS) is 11.3. The summed E-state index contributed by atoms with van der Waals surface area (Å²) in [5, 5.41) is 0. The van der Waals surface area contributed by atoms with Gasteiger partial charge in [-0.25, -0.2) is 8.42 Å². The van der Waals surface area contributed by atoms with E-state index in [4.69, 9.17) is 4.74 Å². The highest BCUT2D eigenvalue weighted by atomic mass is 79.9. The van der Waals surface area contributed by atoms with Crippen LogP contribution in [0.2, 0.25) is 0 Å². The van der Waals surface area contributed by atoms with Gasteiger partial charge in [0.05, 0.1) is 4.90 Å². The van der Waals surface area contributed by atoms with Gasteiger partial charge < -0.3 is 4.74 Å². The number of hydrogen-bond donors (Lipinski definition) is 1. The summed E-state index contributed by atoms with van der Waals surface area (Å²) in [5.41, 5.74) is 2.70. The molecule has 2 rings (SSSR count). The number of carbonyl (C=O) groups excluding carboxylic acids is 1. The third kappa shape index (κ3) is 5.15. The van der Waals surface area contributed by atoms with Crippen molar-refractivity contribution in [1.29, 1.82) is 0 Å². The van der Waals surface area contributed by atoms with Crippen LogP contribution in [0.15, 0.2) is 51.8 Å². The molecule has 7 heteroatoms. The number of carbonyl (C=O) groups is 1. The quantitative estimate of drug-likeness (QED) is 0.741. The van der Waals surface area contributed by atoms with Gasteiger partial charge in [0.1, 0.15) is 13.2 Å². The molecule has 0 amide bonds. The first-order valence-corrected chi connectivity index (χ1v) is 9.52. The zero-order valence-corrected chi connectivity index (χ0v) is 15.8. The van der Waals surface area contributed by atoms with Crippen molar-refractivity contribution < 1.29 is 17.9 Å². The third-order valence-corrected chi connectivity index (χ3v) is 5.44. The van der Waals surface area contributed by atoms with Gasteiger partial charge in [-0.15, -0.1) is 0 Å². The highest BCUT2D eigenvalue weighted by molar-refractivity contribution is 9.10. The van der Waals surface area contributed by atoms with E-state index in [9.17, 15) is 13.2 Å². The minimum atomic E-state index is -3.74. The zero-order chi connectivity index (χ0) is 17.7. The average molecular weight is 412 g/mol. The summed E-state index contributed by atoms with van der Waals surface area (Å²) in [6, 6.07) is 12.1. The van der Waals surface area contributed by atoms with Crippen molar-refractivity contribution in [2.24, 2.45) is 0 Å². The molecule has 0 aliphatic carbocycles. The van der Waals surface area contributed by atoms with Gasteiger partial charge in [0.25, 0.3) is 0 Å². The van der Waals surface area contributed by atoms with Gasteiger partial charge in [-0.2, -0.15) is 4.72 Å². The minimum Gasteiger partial charge on any atom is -0.460 e. The molecule has 0 saturated carbocycles. The monoisotopic (exact) mass is 411 g/mol. The summed E-state index contributed by atoms with van der Waals surface area (Å²) in [4.78, 5) is 11.9. The molecule has 0 aliphatic heterocycles. The first kappa shape index (κ1) is 18.6. The van der Waals surface area contributed by atoms with Gasteiger partial charge in [-0.05, 0) is 54.8 Å². The van der Waals surface area contributed by atoms with E-state index in [-0.39, 0.29) is 11.5 Å². The lowest BCUT2D eigenvalue weighted by Gasteiger charge is -2.09. The SMILES string of the molecule is Cc1ccc(S(=O)(=O)NCC(=O)OCc2ccc(Br)cc2)cc1C.